The first-order valence-corrected chi connectivity index (χ1v) is 5.45. The van der Waals surface area contributed by atoms with Crippen LogP contribution >= 0.6 is 34.7 Å². The van der Waals surface area contributed by atoms with Gasteiger partial charge in [-0.25, -0.2) is 4.98 Å². The van der Waals surface area contributed by atoms with Crippen LogP contribution in [0.5, 0.6) is 0 Å². The molecule has 0 spiro atoms. The van der Waals surface area contributed by atoms with E-state index in [9.17, 15) is 0 Å². The summed E-state index contributed by atoms with van der Waals surface area (Å²) in [6.45, 7) is 1.98. The molecule has 2 aromatic rings. The van der Waals surface area contributed by atoms with Crippen LogP contribution in [0.1, 0.15) is 5.56 Å². The van der Waals surface area contributed by atoms with Gasteiger partial charge >= 0.3 is 0 Å². The molecule has 0 atom stereocenters. The molecule has 0 fully saturated rings. The Hall–Kier alpha value is -0.640. The number of hydrogen-bond acceptors (Lipinski definition) is 3. The molecule has 0 radical (unpaired) electrons. The molecule has 2 nitrogen and oxygen atoms in total. The van der Waals surface area contributed by atoms with E-state index >= 15 is 0 Å². The van der Waals surface area contributed by atoms with Crippen molar-refractivity contribution in [3.63, 3.8) is 0 Å². The monoisotopic (exact) mass is 244 g/mol. The number of aryl methyl sites for hydroxylation is 1. The molecule has 0 aliphatic heterocycles. The van der Waals surface area contributed by atoms with Gasteiger partial charge in [-0.1, -0.05) is 11.6 Å². The molecule has 1 aromatic carbocycles. The smallest absolute Gasteiger partial charge is 0.205 e. The summed E-state index contributed by atoms with van der Waals surface area (Å²) >= 11 is 12.8. The normalized spacial score (nSPS) is 10.5. The Morgan fingerprint density at radius 2 is 2.00 bits per heavy atom. The molecule has 1 heterocycles. The first-order chi connectivity index (χ1) is 6.65. The van der Waals surface area contributed by atoms with Crippen molar-refractivity contribution >= 4 is 34.7 Å². The second-order valence-corrected chi connectivity index (χ2v) is 4.41. The second kappa shape index (κ2) is 3.85. The zero-order valence-corrected chi connectivity index (χ0v) is 9.62. The highest BCUT2D eigenvalue weighted by Crippen LogP contribution is 2.26. The predicted octanol–water partition coefficient (Wildman–Crippen LogP) is 3.82. The zero-order valence-electron chi connectivity index (χ0n) is 7.29. The van der Waals surface area contributed by atoms with Gasteiger partial charge in [-0.15, -0.1) is 0 Å². The van der Waals surface area contributed by atoms with Crippen LogP contribution in [-0.2, 0) is 0 Å². The Kier molecular flexibility index (Phi) is 2.72. The van der Waals surface area contributed by atoms with Gasteiger partial charge in [-0.3, -0.25) is 0 Å². The topological polar surface area (TPSA) is 25.8 Å². The summed E-state index contributed by atoms with van der Waals surface area (Å²) in [5.41, 5.74) is 2.05. The van der Waals surface area contributed by atoms with Crippen molar-refractivity contribution in [1.29, 1.82) is 0 Å². The second-order valence-electron chi connectivity index (χ2n) is 2.89. The van der Waals surface area contributed by atoms with E-state index in [1.807, 2.05) is 25.1 Å². The van der Waals surface area contributed by atoms with Crippen LogP contribution in [0.15, 0.2) is 18.2 Å². The summed E-state index contributed by atoms with van der Waals surface area (Å²) in [6.07, 6.45) is 0. The van der Waals surface area contributed by atoms with E-state index < -0.39 is 0 Å². The van der Waals surface area contributed by atoms with Gasteiger partial charge in [0.05, 0.1) is 0 Å². The highest BCUT2D eigenvalue weighted by atomic mass is 35.5. The third-order valence-corrected chi connectivity index (χ3v) is 2.94. The molecule has 14 heavy (non-hydrogen) atoms. The minimum absolute atomic E-state index is 0.280. The number of hydrogen-bond donors (Lipinski definition) is 0. The number of aromatic nitrogens is 2. The lowest BCUT2D eigenvalue weighted by atomic mass is 10.1. The maximum atomic E-state index is 5.93. The first kappa shape index (κ1) is 9.90. The Balaban J connectivity index is 2.51. The van der Waals surface area contributed by atoms with E-state index in [4.69, 9.17) is 23.2 Å². The minimum atomic E-state index is 0.280. The summed E-state index contributed by atoms with van der Waals surface area (Å²) in [7, 11) is 0. The fraction of sp³-hybridized carbons (Fsp3) is 0.111. The minimum Gasteiger partial charge on any atom is -0.205 e. The average molecular weight is 245 g/mol. The Labute approximate surface area is 95.7 Å². The van der Waals surface area contributed by atoms with Gasteiger partial charge in [0.2, 0.25) is 5.28 Å². The summed E-state index contributed by atoms with van der Waals surface area (Å²) < 4.78 is 3.91. The van der Waals surface area contributed by atoms with Gasteiger partial charge in [-0.05, 0) is 53.8 Å². The maximum Gasteiger partial charge on any atom is 0.234 e. The first-order valence-electron chi connectivity index (χ1n) is 3.92. The van der Waals surface area contributed by atoms with Gasteiger partial charge in [-0.2, -0.15) is 4.37 Å². The third-order valence-electron chi connectivity index (χ3n) is 1.69. The van der Waals surface area contributed by atoms with Crippen molar-refractivity contribution in [3.05, 3.63) is 34.1 Å². The number of halogens is 2. The number of benzene rings is 1. The quantitative estimate of drug-likeness (QED) is 0.763. The Morgan fingerprint density at radius 1 is 1.21 bits per heavy atom. The molecule has 0 saturated heterocycles. The lowest BCUT2D eigenvalue weighted by Gasteiger charge is -1.98. The van der Waals surface area contributed by atoms with Crippen molar-refractivity contribution in [2.75, 3.05) is 0 Å². The van der Waals surface area contributed by atoms with Gasteiger partial charge < -0.3 is 0 Å². The van der Waals surface area contributed by atoms with E-state index in [1.165, 1.54) is 11.5 Å². The zero-order chi connectivity index (χ0) is 10.1. The average Bonchev–Trinajstić information content (AvgIpc) is 2.50. The molecular weight excluding hydrogens is 239 g/mol. The van der Waals surface area contributed by atoms with Gasteiger partial charge in [0.15, 0.2) is 0 Å². The van der Waals surface area contributed by atoms with E-state index in [0.717, 1.165) is 16.1 Å². The van der Waals surface area contributed by atoms with Crippen molar-refractivity contribution < 1.29 is 0 Å². The SMILES string of the molecule is Cc1cc(Cl)cc(-c2nc(Cl)ns2)c1. The summed E-state index contributed by atoms with van der Waals surface area (Å²) in [5.74, 6) is 0. The number of nitrogens with zero attached hydrogens (tertiary/aromatic N) is 2. The van der Waals surface area contributed by atoms with Gasteiger partial charge in [0.25, 0.3) is 0 Å². The van der Waals surface area contributed by atoms with E-state index in [1.54, 1.807) is 0 Å². The van der Waals surface area contributed by atoms with E-state index in [0.29, 0.717) is 5.02 Å². The van der Waals surface area contributed by atoms with Crippen molar-refractivity contribution in [3.8, 4) is 10.6 Å². The van der Waals surface area contributed by atoms with E-state index in [-0.39, 0.29) is 5.28 Å². The molecule has 0 saturated carbocycles. The summed E-state index contributed by atoms with van der Waals surface area (Å²) in [5, 5.41) is 1.77. The molecule has 0 unspecified atom stereocenters. The maximum absolute atomic E-state index is 5.93. The molecule has 5 heteroatoms. The molecule has 0 aliphatic carbocycles. The van der Waals surface area contributed by atoms with Crippen LogP contribution in [-0.4, -0.2) is 9.36 Å². The fourth-order valence-electron chi connectivity index (χ4n) is 1.18. The van der Waals surface area contributed by atoms with Gasteiger partial charge in [0.1, 0.15) is 5.01 Å². The molecule has 0 N–H and O–H groups in total. The fourth-order valence-corrected chi connectivity index (χ4v) is 2.26. The molecule has 72 valence electrons. The van der Waals surface area contributed by atoms with Crippen LogP contribution < -0.4 is 0 Å². The summed E-state index contributed by atoms with van der Waals surface area (Å²) in [4.78, 5) is 4.08. The molecule has 2 rings (SSSR count). The largest absolute Gasteiger partial charge is 0.234 e. The lowest BCUT2D eigenvalue weighted by molar-refractivity contribution is 1.32. The molecule has 0 amide bonds. The standard InChI is InChI=1S/C9H6Cl2N2S/c1-5-2-6(4-7(10)3-5)8-12-9(11)13-14-8/h2-4H,1H3. The van der Waals surface area contributed by atoms with Crippen LogP contribution in [0.2, 0.25) is 10.3 Å². The van der Waals surface area contributed by atoms with Gasteiger partial charge in [0, 0.05) is 10.6 Å². The molecule has 1 aromatic heterocycles. The highest BCUT2D eigenvalue weighted by molar-refractivity contribution is 7.09. The molecule has 0 bridgehead atoms. The van der Waals surface area contributed by atoms with Crippen LogP contribution in [0.3, 0.4) is 0 Å². The van der Waals surface area contributed by atoms with Crippen molar-refractivity contribution in [2.24, 2.45) is 0 Å². The summed E-state index contributed by atoms with van der Waals surface area (Å²) in [6, 6.07) is 5.75. The van der Waals surface area contributed by atoms with Crippen LogP contribution in [0.4, 0.5) is 0 Å². The van der Waals surface area contributed by atoms with E-state index in [2.05, 4.69) is 9.36 Å². The molecule has 0 aliphatic rings. The Bertz CT molecular complexity index is 447. The number of rotatable bonds is 1. The Morgan fingerprint density at radius 3 is 2.57 bits per heavy atom. The van der Waals surface area contributed by atoms with Crippen LogP contribution in [0.25, 0.3) is 10.6 Å². The van der Waals surface area contributed by atoms with Crippen molar-refractivity contribution in [1.82, 2.24) is 9.36 Å². The highest BCUT2D eigenvalue weighted by Gasteiger charge is 2.05. The predicted molar refractivity (Wildman–Crippen MR) is 60.1 cm³/mol. The molecular formula is C9H6Cl2N2S. The van der Waals surface area contributed by atoms with Crippen molar-refractivity contribution in [2.45, 2.75) is 6.92 Å². The third kappa shape index (κ3) is 2.05. The lowest BCUT2D eigenvalue weighted by Crippen LogP contribution is -1.79. The van der Waals surface area contributed by atoms with Crippen LogP contribution in [0, 0.1) is 6.92 Å².